The standard InChI is InChI=1S/C10H18ClN/c1-3-10-4-5-12(8-10)7-9(2)6-11/h10H,2-8H2,1H3. The molecule has 0 aromatic heterocycles. The summed E-state index contributed by atoms with van der Waals surface area (Å²) in [5.41, 5.74) is 1.15. The number of rotatable bonds is 4. The van der Waals surface area contributed by atoms with Crippen molar-refractivity contribution in [3.05, 3.63) is 12.2 Å². The fourth-order valence-corrected chi connectivity index (χ4v) is 1.83. The average molecular weight is 188 g/mol. The van der Waals surface area contributed by atoms with E-state index in [1.54, 1.807) is 0 Å². The second kappa shape index (κ2) is 4.88. The molecule has 0 saturated carbocycles. The van der Waals surface area contributed by atoms with Gasteiger partial charge in [-0.25, -0.2) is 0 Å². The smallest absolute Gasteiger partial charge is 0.0443 e. The molecule has 0 bridgehead atoms. The molecule has 1 nitrogen and oxygen atoms in total. The minimum absolute atomic E-state index is 0.604. The number of hydrogen-bond acceptors (Lipinski definition) is 1. The third-order valence-corrected chi connectivity index (χ3v) is 2.96. The molecule has 0 aliphatic carbocycles. The molecule has 1 atom stereocenters. The van der Waals surface area contributed by atoms with Crippen molar-refractivity contribution >= 4 is 11.6 Å². The van der Waals surface area contributed by atoms with Gasteiger partial charge in [0.05, 0.1) is 0 Å². The van der Waals surface area contributed by atoms with E-state index >= 15 is 0 Å². The van der Waals surface area contributed by atoms with Crippen molar-refractivity contribution in [1.29, 1.82) is 0 Å². The average Bonchev–Trinajstić information content (AvgIpc) is 2.52. The summed E-state index contributed by atoms with van der Waals surface area (Å²) in [6.45, 7) is 9.66. The zero-order chi connectivity index (χ0) is 8.97. The molecule has 0 aromatic carbocycles. The molecule has 0 N–H and O–H groups in total. The summed E-state index contributed by atoms with van der Waals surface area (Å²) >= 11 is 5.67. The molecule has 1 fully saturated rings. The molecule has 2 heteroatoms. The van der Waals surface area contributed by atoms with E-state index in [0.29, 0.717) is 5.88 Å². The molecular formula is C10H18ClN. The topological polar surface area (TPSA) is 3.24 Å². The van der Waals surface area contributed by atoms with Crippen LogP contribution >= 0.6 is 11.6 Å². The Hall–Kier alpha value is -0.0100. The number of halogens is 1. The van der Waals surface area contributed by atoms with Crippen LogP contribution in [-0.4, -0.2) is 30.4 Å². The fourth-order valence-electron chi connectivity index (χ4n) is 1.75. The Morgan fingerprint density at radius 3 is 2.92 bits per heavy atom. The Kier molecular flexibility index (Phi) is 4.10. The third-order valence-electron chi connectivity index (χ3n) is 2.58. The number of likely N-dealkylation sites (tertiary alicyclic amines) is 1. The number of alkyl halides is 1. The Balaban J connectivity index is 2.23. The number of nitrogens with zero attached hydrogens (tertiary/aromatic N) is 1. The molecule has 0 spiro atoms. The van der Waals surface area contributed by atoms with E-state index in [2.05, 4.69) is 18.4 Å². The van der Waals surface area contributed by atoms with Gasteiger partial charge in [-0.3, -0.25) is 4.90 Å². The van der Waals surface area contributed by atoms with Gasteiger partial charge in [-0.1, -0.05) is 19.9 Å². The maximum atomic E-state index is 5.67. The number of hydrogen-bond donors (Lipinski definition) is 0. The summed E-state index contributed by atoms with van der Waals surface area (Å²) in [4.78, 5) is 2.46. The zero-order valence-corrected chi connectivity index (χ0v) is 8.61. The molecule has 0 radical (unpaired) electrons. The highest BCUT2D eigenvalue weighted by Gasteiger charge is 2.20. The summed E-state index contributed by atoms with van der Waals surface area (Å²) in [6.07, 6.45) is 2.66. The van der Waals surface area contributed by atoms with Crippen molar-refractivity contribution in [2.75, 3.05) is 25.5 Å². The highest BCUT2D eigenvalue weighted by molar-refractivity contribution is 6.19. The van der Waals surface area contributed by atoms with Crippen LogP contribution in [0.25, 0.3) is 0 Å². The molecule has 1 heterocycles. The van der Waals surface area contributed by atoms with Gasteiger partial charge in [0.25, 0.3) is 0 Å². The van der Waals surface area contributed by atoms with Crippen molar-refractivity contribution in [2.45, 2.75) is 19.8 Å². The lowest BCUT2D eigenvalue weighted by atomic mass is 10.1. The van der Waals surface area contributed by atoms with Gasteiger partial charge >= 0.3 is 0 Å². The first-order valence-electron chi connectivity index (χ1n) is 4.71. The Morgan fingerprint density at radius 1 is 1.67 bits per heavy atom. The maximum absolute atomic E-state index is 5.67. The maximum Gasteiger partial charge on any atom is 0.0443 e. The molecule has 1 aliphatic rings. The van der Waals surface area contributed by atoms with E-state index in [0.717, 1.165) is 18.0 Å². The molecular weight excluding hydrogens is 170 g/mol. The van der Waals surface area contributed by atoms with E-state index < -0.39 is 0 Å². The summed E-state index contributed by atoms with van der Waals surface area (Å²) in [7, 11) is 0. The predicted molar refractivity (Wildman–Crippen MR) is 54.7 cm³/mol. The van der Waals surface area contributed by atoms with Gasteiger partial charge in [-0.05, 0) is 24.5 Å². The molecule has 1 aliphatic heterocycles. The van der Waals surface area contributed by atoms with Crippen molar-refractivity contribution in [3.8, 4) is 0 Å². The second-order valence-corrected chi connectivity index (χ2v) is 3.95. The summed E-state index contributed by atoms with van der Waals surface area (Å²) in [6, 6.07) is 0. The molecule has 70 valence electrons. The Bertz CT molecular complexity index is 156. The van der Waals surface area contributed by atoms with Gasteiger partial charge < -0.3 is 0 Å². The van der Waals surface area contributed by atoms with E-state index in [1.165, 1.54) is 25.9 Å². The normalized spacial score (nSPS) is 24.7. The first-order valence-corrected chi connectivity index (χ1v) is 5.24. The largest absolute Gasteiger partial charge is 0.299 e. The lowest BCUT2D eigenvalue weighted by Crippen LogP contribution is -2.23. The molecule has 1 rings (SSSR count). The highest BCUT2D eigenvalue weighted by Crippen LogP contribution is 2.19. The second-order valence-electron chi connectivity index (χ2n) is 3.68. The SMILES string of the molecule is C=C(CCl)CN1CCC(CC)C1. The van der Waals surface area contributed by atoms with E-state index in [1.807, 2.05) is 0 Å². The summed E-state index contributed by atoms with van der Waals surface area (Å²) in [5.74, 6) is 1.51. The van der Waals surface area contributed by atoms with Gasteiger partial charge in [-0.15, -0.1) is 11.6 Å². The van der Waals surface area contributed by atoms with Crippen LogP contribution in [0, 0.1) is 5.92 Å². The lowest BCUT2D eigenvalue weighted by Gasteiger charge is -2.15. The van der Waals surface area contributed by atoms with Crippen LogP contribution in [0.15, 0.2) is 12.2 Å². The third kappa shape index (κ3) is 2.80. The van der Waals surface area contributed by atoms with Crippen LogP contribution in [0.3, 0.4) is 0 Å². The van der Waals surface area contributed by atoms with Crippen molar-refractivity contribution in [2.24, 2.45) is 5.92 Å². The van der Waals surface area contributed by atoms with Crippen LogP contribution in [0.1, 0.15) is 19.8 Å². The van der Waals surface area contributed by atoms with Crippen LogP contribution in [0.5, 0.6) is 0 Å². The van der Waals surface area contributed by atoms with Gasteiger partial charge in [0.2, 0.25) is 0 Å². The minimum Gasteiger partial charge on any atom is -0.299 e. The van der Waals surface area contributed by atoms with Gasteiger partial charge in [0, 0.05) is 19.0 Å². The zero-order valence-electron chi connectivity index (χ0n) is 7.85. The van der Waals surface area contributed by atoms with E-state index in [-0.39, 0.29) is 0 Å². The quantitative estimate of drug-likeness (QED) is 0.483. The van der Waals surface area contributed by atoms with Crippen LogP contribution in [0.4, 0.5) is 0 Å². The lowest BCUT2D eigenvalue weighted by molar-refractivity contribution is 0.350. The predicted octanol–water partition coefficient (Wildman–Crippen LogP) is 2.51. The van der Waals surface area contributed by atoms with Crippen LogP contribution < -0.4 is 0 Å². The monoisotopic (exact) mass is 187 g/mol. The minimum atomic E-state index is 0.604. The van der Waals surface area contributed by atoms with E-state index in [9.17, 15) is 0 Å². The molecule has 1 saturated heterocycles. The fraction of sp³-hybridized carbons (Fsp3) is 0.800. The molecule has 1 unspecified atom stereocenters. The molecule has 12 heavy (non-hydrogen) atoms. The van der Waals surface area contributed by atoms with Crippen molar-refractivity contribution in [3.63, 3.8) is 0 Å². The highest BCUT2D eigenvalue weighted by atomic mass is 35.5. The van der Waals surface area contributed by atoms with Crippen LogP contribution in [0.2, 0.25) is 0 Å². The first kappa shape index (κ1) is 10.1. The van der Waals surface area contributed by atoms with Gasteiger partial charge in [-0.2, -0.15) is 0 Å². The van der Waals surface area contributed by atoms with Crippen molar-refractivity contribution < 1.29 is 0 Å². The summed E-state index contributed by atoms with van der Waals surface area (Å²) in [5, 5.41) is 0. The molecule has 0 amide bonds. The summed E-state index contributed by atoms with van der Waals surface area (Å²) < 4.78 is 0. The molecule has 0 aromatic rings. The first-order chi connectivity index (χ1) is 5.76. The van der Waals surface area contributed by atoms with Crippen molar-refractivity contribution in [1.82, 2.24) is 4.90 Å². The van der Waals surface area contributed by atoms with E-state index in [4.69, 9.17) is 11.6 Å². The Morgan fingerprint density at radius 2 is 2.42 bits per heavy atom. The Labute approximate surface area is 80.4 Å². The van der Waals surface area contributed by atoms with Gasteiger partial charge in [0.1, 0.15) is 0 Å². The van der Waals surface area contributed by atoms with Crippen LogP contribution in [-0.2, 0) is 0 Å². The van der Waals surface area contributed by atoms with Gasteiger partial charge in [0.15, 0.2) is 0 Å².